The number of aromatic amines is 1. The summed E-state index contributed by atoms with van der Waals surface area (Å²) in [6.07, 6.45) is 6.05. The lowest BCUT2D eigenvalue weighted by Crippen LogP contribution is -2.51. The molecule has 45 heavy (non-hydrogen) atoms. The maximum absolute atomic E-state index is 13.1. The molecular formula is C33H39N9O3. The lowest BCUT2D eigenvalue weighted by Gasteiger charge is -2.36. The zero-order chi connectivity index (χ0) is 31.2. The van der Waals surface area contributed by atoms with Gasteiger partial charge in [0.15, 0.2) is 11.5 Å². The summed E-state index contributed by atoms with van der Waals surface area (Å²) < 4.78 is 0. The van der Waals surface area contributed by atoms with Gasteiger partial charge in [0, 0.05) is 74.0 Å². The van der Waals surface area contributed by atoms with Crippen LogP contribution in [-0.2, 0) is 9.59 Å². The molecule has 0 saturated carbocycles. The largest absolute Gasteiger partial charge is 0.368 e. The van der Waals surface area contributed by atoms with Crippen molar-refractivity contribution >= 4 is 40.0 Å². The Morgan fingerprint density at radius 3 is 2.51 bits per heavy atom. The number of hydrogen-bond donors (Lipinski definition) is 3. The molecule has 2 saturated heterocycles. The highest BCUT2D eigenvalue weighted by Gasteiger charge is 2.31. The number of carbonyl (C=O) groups is 3. The minimum absolute atomic E-state index is 0.0831. The van der Waals surface area contributed by atoms with Gasteiger partial charge in [-0.15, -0.1) is 0 Å². The second kappa shape index (κ2) is 13.9. The topological polar surface area (TPSA) is 139 Å². The average molecular weight is 610 g/mol. The van der Waals surface area contributed by atoms with E-state index in [0.717, 1.165) is 42.7 Å². The summed E-state index contributed by atoms with van der Waals surface area (Å²) in [4.78, 5) is 53.8. The molecule has 12 nitrogen and oxygen atoms in total. The quantitative estimate of drug-likeness (QED) is 0.233. The van der Waals surface area contributed by atoms with Crippen molar-refractivity contribution in [1.29, 1.82) is 0 Å². The number of amides is 3. The molecule has 4 aromatic rings. The Morgan fingerprint density at radius 2 is 1.76 bits per heavy atom. The highest BCUT2D eigenvalue weighted by molar-refractivity contribution is 6.06. The van der Waals surface area contributed by atoms with E-state index < -0.39 is 0 Å². The molecule has 2 aliphatic heterocycles. The first-order chi connectivity index (χ1) is 22.0. The smallest absolute Gasteiger partial charge is 0.272 e. The number of piperazine rings is 1. The standard InChI is InChI=1S/C33H39N9O3/c1-2-3-12-36-33(45)30-27-20-25(7-10-28(27)38-39-30)37-32(44)24-11-15-40(21-24)22-29(43)42-18-16-41(17-19-42)26-8-5-23(6-9-26)31-34-13-4-14-35-31/h4-10,13-14,20,24H,2-3,11-12,15-19,21-22H2,1H3,(H,36,45)(H,37,44)(H,38,39). The molecule has 4 heterocycles. The van der Waals surface area contributed by atoms with Crippen molar-refractivity contribution in [2.45, 2.75) is 26.2 Å². The third kappa shape index (κ3) is 7.12. The molecule has 0 radical (unpaired) electrons. The Kier molecular flexibility index (Phi) is 9.30. The molecule has 0 aliphatic carbocycles. The van der Waals surface area contributed by atoms with Gasteiger partial charge in [-0.05, 0) is 67.9 Å². The number of carbonyl (C=O) groups excluding carboxylic acids is 3. The molecule has 234 valence electrons. The number of unbranched alkanes of at least 4 members (excludes halogenated alkanes) is 1. The van der Waals surface area contributed by atoms with Crippen molar-refractivity contribution < 1.29 is 14.4 Å². The van der Waals surface area contributed by atoms with Crippen LogP contribution in [0.4, 0.5) is 11.4 Å². The molecule has 1 unspecified atom stereocenters. The normalized spacial score (nSPS) is 17.0. The lowest BCUT2D eigenvalue weighted by molar-refractivity contribution is -0.132. The molecule has 2 aromatic heterocycles. The van der Waals surface area contributed by atoms with Crippen LogP contribution in [0.3, 0.4) is 0 Å². The predicted octanol–water partition coefficient (Wildman–Crippen LogP) is 3.16. The summed E-state index contributed by atoms with van der Waals surface area (Å²) in [7, 11) is 0. The minimum Gasteiger partial charge on any atom is -0.368 e. The second-order valence-electron chi connectivity index (χ2n) is 11.6. The van der Waals surface area contributed by atoms with Crippen molar-refractivity contribution in [2.24, 2.45) is 5.92 Å². The van der Waals surface area contributed by atoms with Gasteiger partial charge in [-0.2, -0.15) is 5.10 Å². The highest BCUT2D eigenvalue weighted by Crippen LogP contribution is 2.24. The third-order valence-electron chi connectivity index (χ3n) is 8.55. The van der Waals surface area contributed by atoms with Crippen molar-refractivity contribution in [3.63, 3.8) is 0 Å². The average Bonchev–Trinajstić information content (AvgIpc) is 3.73. The summed E-state index contributed by atoms with van der Waals surface area (Å²) in [6, 6.07) is 15.4. The number of benzene rings is 2. The van der Waals surface area contributed by atoms with Gasteiger partial charge in [0.1, 0.15) is 0 Å². The first kappa shape index (κ1) is 30.2. The van der Waals surface area contributed by atoms with Crippen molar-refractivity contribution in [1.82, 2.24) is 35.3 Å². The lowest BCUT2D eigenvalue weighted by atomic mass is 10.1. The van der Waals surface area contributed by atoms with Gasteiger partial charge in [-0.1, -0.05) is 13.3 Å². The predicted molar refractivity (Wildman–Crippen MR) is 173 cm³/mol. The van der Waals surface area contributed by atoms with E-state index in [1.165, 1.54) is 0 Å². The van der Waals surface area contributed by atoms with Crippen LogP contribution in [0.1, 0.15) is 36.7 Å². The van der Waals surface area contributed by atoms with Crippen LogP contribution in [0.25, 0.3) is 22.3 Å². The van der Waals surface area contributed by atoms with E-state index >= 15 is 0 Å². The van der Waals surface area contributed by atoms with Gasteiger partial charge in [0.2, 0.25) is 11.8 Å². The van der Waals surface area contributed by atoms with E-state index in [1.807, 2.05) is 23.1 Å². The van der Waals surface area contributed by atoms with E-state index in [9.17, 15) is 14.4 Å². The van der Waals surface area contributed by atoms with Crippen molar-refractivity contribution in [3.05, 3.63) is 66.6 Å². The minimum atomic E-state index is -0.233. The van der Waals surface area contributed by atoms with Gasteiger partial charge < -0.3 is 20.4 Å². The number of nitrogens with one attached hydrogen (secondary N) is 3. The second-order valence-corrected chi connectivity index (χ2v) is 11.6. The number of rotatable bonds is 10. The Labute approximate surface area is 262 Å². The van der Waals surface area contributed by atoms with Gasteiger partial charge in [-0.3, -0.25) is 24.4 Å². The van der Waals surface area contributed by atoms with Gasteiger partial charge in [0.05, 0.1) is 18.0 Å². The fraction of sp³-hybridized carbons (Fsp3) is 0.394. The fourth-order valence-electron chi connectivity index (χ4n) is 5.94. The van der Waals surface area contributed by atoms with Gasteiger partial charge >= 0.3 is 0 Å². The Hall–Kier alpha value is -4.84. The summed E-state index contributed by atoms with van der Waals surface area (Å²) in [5, 5.41) is 13.6. The number of anilines is 2. The molecule has 3 N–H and O–H groups in total. The molecule has 0 spiro atoms. The molecule has 0 bridgehead atoms. The van der Waals surface area contributed by atoms with Crippen LogP contribution in [0.15, 0.2) is 60.9 Å². The molecule has 6 rings (SSSR count). The Morgan fingerprint density at radius 1 is 0.978 bits per heavy atom. The van der Waals surface area contributed by atoms with E-state index in [1.54, 1.807) is 30.6 Å². The maximum Gasteiger partial charge on any atom is 0.272 e. The maximum atomic E-state index is 13.1. The SMILES string of the molecule is CCCCNC(=O)c1n[nH]c2ccc(NC(=O)C3CCN(CC(=O)N4CCN(c5ccc(-c6ncccn6)cc5)CC4)C3)cc12. The molecular weight excluding hydrogens is 570 g/mol. The van der Waals surface area contributed by atoms with Crippen LogP contribution >= 0.6 is 0 Å². The number of nitrogens with zero attached hydrogens (tertiary/aromatic N) is 6. The summed E-state index contributed by atoms with van der Waals surface area (Å²) in [6.45, 7) is 7.06. The van der Waals surface area contributed by atoms with E-state index in [-0.39, 0.29) is 23.6 Å². The summed E-state index contributed by atoms with van der Waals surface area (Å²) in [5.74, 6) is 0.275. The number of likely N-dealkylation sites (tertiary alicyclic amines) is 1. The van der Waals surface area contributed by atoms with E-state index in [2.05, 4.69) is 59.7 Å². The van der Waals surface area contributed by atoms with Crippen LogP contribution in [0.5, 0.6) is 0 Å². The fourth-order valence-corrected chi connectivity index (χ4v) is 5.94. The number of fused-ring (bicyclic) bond motifs is 1. The first-order valence-electron chi connectivity index (χ1n) is 15.7. The van der Waals surface area contributed by atoms with Crippen molar-refractivity contribution in [2.75, 3.05) is 62.6 Å². The summed E-state index contributed by atoms with van der Waals surface area (Å²) >= 11 is 0. The monoisotopic (exact) mass is 609 g/mol. The Balaban J connectivity index is 0.967. The van der Waals surface area contributed by atoms with E-state index in [4.69, 9.17) is 0 Å². The van der Waals surface area contributed by atoms with E-state index in [0.29, 0.717) is 68.3 Å². The van der Waals surface area contributed by atoms with Crippen LogP contribution in [0.2, 0.25) is 0 Å². The molecule has 1 atom stereocenters. The number of aromatic nitrogens is 4. The molecule has 2 aromatic carbocycles. The first-order valence-corrected chi connectivity index (χ1v) is 15.7. The Bertz CT molecular complexity index is 1630. The van der Waals surface area contributed by atoms with Gasteiger partial charge in [0.25, 0.3) is 5.91 Å². The third-order valence-corrected chi connectivity index (χ3v) is 8.55. The zero-order valence-electron chi connectivity index (χ0n) is 25.5. The molecule has 2 aliphatic rings. The van der Waals surface area contributed by atoms with Crippen LogP contribution < -0.4 is 15.5 Å². The molecule has 3 amide bonds. The molecule has 12 heteroatoms. The number of H-pyrrole nitrogens is 1. The highest BCUT2D eigenvalue weighted by atomic mass is 16.2. The summed E-state index contributed by atoms with van der Waals surface area (Å²) in [5.41, 5.74) is 3.76. The van der Waals surface area contributed by atoms with Crippen LogP contribution in [0, 0.1) is 5.92 Å². The van der Waals surface area contributed by atoms with Crippen molar-refractivity contribution in [3.8, 4) is 11.4 Å². The molecule has 2 fully saturated rings. The van der Waals surface area contributed by atoms with Gasteiger partial charge in [-0.25, -0.2) is 9.97 Å². The van der Waals surface area contributed by atoms with Crippen LogP contribution in [-0.4, -0.2) is 100 Å². The number of hydrogen-bond acceptors (Lipinski definition) is 8. The zero-order valence-corrected chi connectivity index (χ0v) is 25.5.